The normalized spacial score (nSPS) is 11.1. The van der Waals surface area contributed by atoms with Crippen LogP contribution in [0.1, 0.15) is 5.56 Å². The molecule has 0 fully saturated rings. The van der Waals surface area contributed by atoms with Crippen LogP contribution in [0, 0.1) is 11.3 Å². The number of hydrogen-bond donors (Lipinski definition) is 2. The number of fused-ring (bicyclic) bond motifs is 1. The second kappa shape index (κ2) is 7.20. The minimum atomic E-state index is -0.529. The molecule has 122 valence electrons. The summed E-state index contributed by atoms with van der Waals surface area (Å²) in [7, 11) is 0. The highest BCUT2D eigenvalue weighted by Crippen LogP contribution is 2.26. The lowest BCUT2D eigenvalue weighted by Crippen LogP contribution is -2.13. The van der Waals surface area contributed by atoms with Crippen molar-refractivity contribution >= 4 is 44.4 Å². The van der Waals surface area contributed by atoms with Gasteiger partial charge in [0.2, 0.25) is 0 Å². The van der Waals surface area contributed by atoms with Crippen molar-refractivity contribution in [1.29, 1.82) is 5.26 Å². The van der Waals surface area contributed by atoms with Gasteiger partial charge in [0.05, 0.1) is 0 Å². The second-order valence-electron chi connectivity index (χ2n) is 5.35. The van der Waals surface area contributed by atoms with Crippen LogP contribution in [-0.4, -0.2) is 11.0 Å². The molecule has 1 amide bonds. The molecule has 0 radical (unpaired) electrons. The predicted octanol–water partition coefficient (Wildman–Crippen LogP) is 4.85. The van der Waals surface area contributed by atoms with Crippen molar-refractivity contribution in [3.63, 3.8) is 0 Å². The molecule has 4 nitrogen and oxygen atoms in total. The Kier molecular flexibility index (Phi) is 4.82. The summed E-state index contributed by atoms with van der Waals surface area (Å²) < 4.78 is 0.739. The lowest BCUT2D eigenvalue weighted by atomic mass is 10.1. The summed E-state index contributed by atoms with van der Waals surface area (Å²) in [6.07, 6.45) is 1.36. The van der Waals surface area contributed by atoms with Crippen LogP contribution >= 0.6 is 15.9 Å². The summed E-state index contributed by atoms with van der Waals surface area (Å²) in [5.41, 5.74) is 0.919. The topological polar surface area (TPSA) is 73.1 Å². The molecule has 0 aromatic heterocycles. The quantitative estimate of drug-likeness (QED) is 0.493. The van der Waals surface area contributed by atoms with E-state index in [1.54, 1.807) is 18.2 Å². The van der Waals surface area contributed by atoms with Crippen molar-refractivity contribution in [3.8, 4) is 11.8 Å². The van der Waals surface area contributed by atoms with Crippen LogP contribution in [0.2, 0.25) is 0 Å². The molecule has 2 N–H and O–H groups in total. The largest absolute Gasteiger partial charge is 0.507 e. The van der Waals surface area contributed by atoms with E-state index >= 15 is 0 Å². The molecule has 0 aliphatic rings. The summed E-state index contributed by atoms with van der Waals surface area (Å²) in [4.78, 5) is 12.5. The SMILES string of the molecule is N#C/C(=C\c1cc(Br)ccc1O)C(=O)Nc1cccc2ccccc12. The van der Waals surface area contributed by atoms with Gasteiger partial charge in [-0.1, -0.05) is 52.3 Å². The van der Waals surface area contributed by atoms with Gasteiger partial charge in [-0.2, -0.15) is 5.26 Å². The van der Waals surface area contributed by atoms with Gasteiger partial charge >= 0.3 is 0 Å². The number of benzene rings is 3. The summed E-state index contributed by atoms with van der Waals surface area (Å²) >= 11 is 3.30. The van der Waals surface area contributed by atoms with Gasteiger partial charge in [-0.25, -0.2) is 0 Å². The van der Waals surface area contributed by atoms with Crippen molar-refractivity contribution in [1.82, 2.24) is 0 Å². The number of nitrogens with one attached hydrogen (secondary N) is 1. The summed E-state index contributed by atoms with van der Waals surface area (Å²) in [5, 5.41) is 23.9. The Morgan fingerprint density at radius 3 is 2.68 bits per heavy atom. The Morgan fingerprint density at radius 2 is 1.88 bits per heavy atom. The van der Waals surface area contributed by atoms with Crippen molar-refractivity contribution in [2.75, 3.05) is 5.32 Å². The zero-order chi connectivity index (χ0) is 17.8. The molecular formula is C20H13BrN2O2. The number of anilines is 1. The lowest BCUT2D eigenvalue weighted by molar-refractivity contribution is -0.112. The monoisotopic (exact) mass is 392 g/mol. The van der Waals surface area contributed by atoms with Crippen LogP contribution in [0.5, 0.6) is 5.75 Å². The first kappa shape index (κ1) is 16.7. The van der Waals surface area contributed by atoms with E-state index in [9.17, 15) is 15.2 Å². The molecule has 0 unspecified atom stereocenters. The smallest absolute Gasteiger partial charge is 0.266 e. The Hall–Kier alpha value is -3.10. The highest BCUT2D eigenvalue weighted by Gasteiger charge is 2.12. The Labute approximate surface area is 153 Å². The van der Waals surface area contributed by atoms with Crippen LogP contribution in [0.25, 0.3) is 16.8 Å². The number of hydrogen-bond acceptors (Lipinski definition) is 3. The van der Waals surface area contributed by atoms with Gasteiger partial charge in [0.15, 0.2) is 0 Å². The van der Waals surface area contributed by atoms with E-state index in [1.807, 2.05) is 42.5 Å². The number of carbonyl (C=O) groups is 1. The third kappa shape index (κ3) is 3.70. The fraction of sp³-hybridized carbons (Fsp3) is 0. The van der Waals surface area contributed by atoms with Crippen LogP contribution in [0.15, 0.2) is 70.7 Å². The van der Waals surface area contributed by atoms with Gasteiger partial charge < -0.3 is 10.4 Å². The first-order valence-electron chi connectivity index (χ1n) is 7.48. The van der Waals surface area contributed by atoms with Crippen LogP contribution < -0.4 is 5.32 Å². The van der Waals surface area contributed by atoms with Gasteiger partial charge in [-0.05, 0) is 35.7 Å². The Balaban J connectivity index is 1.94. The van der Waals surface area contributed by atoms with Gasteiger partial charge in [0.25, 0.3) is 5.91 Å². The van der Waals surface area contributed by atoms with E-state index in [-0.39, 0.29) is 11.3 Å². The number of carbonyl (C=O) groups excluding carboxylic acids is 1. The molecule has 0 bridgehead atoms. The maximum absolute atomic E-state index is 12.5. The molecule has 3 aromatic carbocycles. The molecule has 3 aromatic rings. The molecule has 0 aliphatic carbocycles. The number of amides is 1. The number of phenols is 1. The summed E-state index contributed by atoms with van der Waals surface area (Å²) in [6, 6.07) is 19.9. The van der Waals surface area contributed by atoms with E-state index in [0.29, 0.717) is 11.3 Å². The number of halogens is 1. The fourth-order valence-corrected chi connectivity index (χ4v) is 2.85. The van der Waals surface area contributed by atoms with Gasteiger partial charge in [-0.3, -0.25) is 4.79 Å². The highest BCUT2D eigenvalue weighted by molar-refractivity contribution is 9.10. The third-order valence-electron chi connectivity index (χ3n) is 3.69. The molecule has 0 aliphatic heterocycles. The maximum Gasteiger partial charge on any atom is 0.266 e. The maximum atomic E-state index is 12.5. The second-order valence-corrected chi connectivity index (χ2v) is 6.27. The zero-order valence-electron chi connectivity index (χ0n) is 13.0. The molecule has 0 heterocycles. The minimum absolute atomic E-state index is 0.00564. The minimum Gasteiger partial charge on any atom is -0.507 e. The predicted molar refractivity (Wildman–Crippen MR) is 102 cm³/mol. The van der Waals surface area contributed by atoms with E-state index < -0.39 is 5.91 Å². The molecule has 25 heavy (non-hydrogen) atoms. The van der Waals surface area contributed by atoms with Crippen molar-refractivity contribution in [2.24, 2.45) is 0 Å². The van der Waals surface area contributed by atoms with E-state index in [4.69, 9.17) is 0 Å². The summed E-state index contributed by atoms with van der Waals surface area (Å²) in [5.74, 6) is -0.535. The zero-order valence-corrected chi connectivity index (χ0v) is 14.6. The third-order valence-corrected chi connectivity index (χ3v) is 4.19. The van der Waals surface area contributed by atoms with Gasteiger partial charge in [-0.15, -0.1) is 0 Å². The van der Waals surface area contributed by atoms with Crippen LogP contribution in [-0.2, 0) is 4.79 Å². The number of phenolic OH excluding ortho intramolecular Hbond substituents is 1. The standard InChI is InChI=1S/C20H13BrN2O2/c21-16-8-9-19(24)14(11-16)10-15(12-22)20(25)23-18-7-3-5-13-4-1-2-6-17(13)18/h1-11,24H,(H,23,25)/b15-10+. The number of nitrogens with zero attached hydrogens (tertiary/aromatic N) is 1. The van der Waals surface area contributed by atoms with E-state index in [2.05, 4.69) is 21.2 Å². The van der Waals surface area contributed by atoms with Gasteiger partial charge in [0.1, 0.15) is 17.4 Å². The average Bonchev–Trinajstić information content (AvgIpc) is 2.62. The van der Waals surface area contributed by atoms with Crippen molar-refractivity contribution in [2.45, 2.75) is 0 Å². The molecule has 0 saturated heterocycles. The Bertz CT molecular complexity index is 1030. The molecule has 0 atom stereocenters. The summed E-state index contributed by atoms with van der Waals surface area (Å²) in [6.45, 7) is 0. The number of nitriles is 1. The fourth-order valence-electron chi connectivity index (χ4n) is 2.47. The first-order chi connectivity index (χ1) is 12.1. The molecule has 5 heteroatoms. The molecule has 0 spiro atoms. The van der Waals surface area contributed by atoms with Gasteiger partial charge in [0, 0.05) is 21.1 Å². The van der Waals surface area contributed by atoms with Crippen LogP contribution in [0.3, 0.4) is 0 Å². The van der Waals surface area contributed by atoms with E-state index in [0.717, 1.165) is 15.2 Å². The average molecular weight is 393 g/mol. The van der Waals surface area contributed by atoms with E-state index in [1.165, 1.54) is 12.1 Å². The first-order valence-corrected chi connectivity index (χ1v) is 8.27. The Morgan fingerprint density at radius 1 is 1.12 bits per heavy atom. The lowest BCUT2D eigenvalue weighted by Gasteiger charge is -2.08. The molecule has 0 saturated carbocycles. The van der Waals surface area contributed by atoms with Crippen LogP contribution in [0.4, 0.5) is 5.69 Å². The van der Waals surface area contributed by atoms with Crippen molar-refractivity contribution < 1.29 is 9.90 Å². The molecule has 3 rings (SSSR count). The highest BCUT2D eigenvalue weighted by atomic mass is 79.9. The number of rotatable bonds is 3. The number of aromatic hydroxyl groups is 1. The molecular weight excluding hydrogens is 380 g/mol. The van der Waals surface area contributed by atoms with Crippen molar-refractivity contribution in [3.05, 3.63) is 76.3 Å².